The third-order valence-corrected chi connectivity index (χ3v) is 6.45. The maximum Gasteiger partial charge on any atom is 0.416 e. The van der Waals surface area contributed by atoms with Crippen molar-refractivity contribution in [2.75, 3.05) is 25.6 Å². The van der Waals surface area contributed by atoms with Gasteiger partial charge in [0.15, 0.2) is 5.60 Å². The van der Waals surface area contributed by atoms with Crippen molar-refractivity contribution < 1.29 is 27.4 Å². The number of anilines is 1. The number of aromatic nitrogens is 2. The molecule has 2 aromatic rings. The first-order chi connectivity index (χ1) is 16.2. The summed E-state index contributed by atoms with van der Waals surface area (Å²) < 4.78 is 50.5. The lowest BCUT2D eigenvalue weighted by molar-refractivity contribution is -0.167. The second-order valence-electron chi connectivity index (χ2n) is 8.58. The van der Waals surface area contributed by atoms with Gasteiger partial charge in [0, 0.05) is 44.8 Å². The van der Waals surface area contributed by atoms with E-state index in [2.05, 4.69) is 15.3 Å². The minimum absolute atomic E-state index is 0.0905. The number of fused-ring (bicyclic) bond motifs is 1. The molecule has 0 saturated carbocycles. The number of nitrogens with zero attached hydrogens (tertiary/aromatic N) is 3. The first-order valence-electron chi connectivity index (χ1n) is 11.1. The molecule has 1 aromatic heterocycles. The van der Waals surface area contributed by atoms with Gasteiger partial charge >= 0.3 is 6.18 Å². The molecular formula is C23H28F3N5O3. The van der Waals surface area contributed by atoms with Crippen LogP contribution in [-0.2, 0) is 40.1 Å². The summed E-state index contributed by atoms with van der Waals surface area (Å²) in [5, 5.41) is 3.21. The largest absolute Gasteiger partial charge is 0.416 e. The van der Waals surface area contributed by atoms with Gasteiger partial charge in [-0.15, -0.1) is 0 Å². The Hall–Kier alpha value is -2.76. The van der Waals surface area contributed by atoms with E-state index in [4.69, 9.17) is 15.2 Å². The lowest BCUT2D eigenvalue weighted by Crippen LogP contribution is -2.51. The predicted octanol–water partition coefficient (Wildman–Crippen LogP) is 3.17. The Morgan fingerprint density at radius 1 is 1.29 bits per heavy atom. The van der Waals surface area contributed by atoms with Gasteiger partial charge in [0.2, 0.25) is 0 Å². The van der Waals surface area contributed by atoms with Crippen molar-refractivity contribution in [3.8, 4) is 0 Å². The quantitative estimate of drug-likeness (QED) is 0.656. The number of hydrogen-bond acceptors (Lipinski definition) is 7. The molecule has 34 heavy (non-hydrogen) atoms. The van der Waals surface area contributed by atoms with Crippen molar-refractivity contribution in [3.05, 3.63) is 52.5 Å². The van der Waals surface area contributed by atoms with E-state index < -0.39 is 23.4 Å². The molecule has 0 radical (unpaired) electrons. The molecular weight excluding hydrogens is 451 g/mol. The summed E-state index contributed by atoms with van der Waals surface area (Å²) in [4.78, 5) is 24.1. The highest BCUT2D eigenvalue weighted by Crippen LogP contribution is 2.35. The van der Waals surface area contributed by atoms with E-state index in [-0.39, 0.29) is 25.5 Å². The Balaban J connectivity index is 1.59. The van der Waals surface area contributed by atoms with Crippen LogP contribution in [0.4, 0.5) is 19.0 Å². The zero-order valence-corrected chi connectivity index (χ0v) is 19.1. The van der Waals surface area contributed by atoms with Gasteiger partial charge in [-0.25, -0.2) is 9.97 Å². The lowest BCUT2D eigenvalue weighted by Gasteiger charge is -2.37. The van der Waals surface area contributed by atoms with E-state index in [1.54, 1.807) is 17.9 Å². The molecule has 1 saturated heterocycles. The topological polar surface area (TPSA) is 103 Å². The van der Waals surface area contributed by atoms with Gasteiger partial charge in [0.05, 0.1) is 30.9 Å². The van der Waals surface area contributed by atoms with E-state index in [1.165, 1.54) is 13.2 Å². The maximum atomic E-state index is 13.4. The number of amides is 1. The molecule has 0 bridgehead atoms. The molecule has 3 N–H and O–H groups in total. The van der Waals surface area contributed by atoms with Gasteiger partial charge < -0.3 is 25.4 Å². The zero-order chi connectivity index (χ0) is 24.5. The number of hydrogen-bond donors (Lipinski definition) is 2. The highest BCUT2D eigenvalue weighted by molar-refractivity contribution is 5.86. The third kappa shape index (κ3) is 4.73. The number of ether oxygens (including phenoxy) is 2. The Labute approximate surface area is 195 Å². The van der Waals surface area contributed by atoms with E-state index >= 15 is 0 Å². The Bertz CT molecular complexity index is 1060. The fraction of sp³-hybridized carbons (Fsp3) is 0.522. The standard InChI is InChI=1S/C23H28F3N5O3/c1-14(15-4-3-5-16(10-15)23(24,25)26)28-20-17-12-31(13-18(17)29-19(11-27)30-20)21(32)22(33-2)6-8-34-9-7-22/h3-5,10,14H,6-9,11-13,27H2,1-2H3,(H,28,29,30)/t14-/m1/s1. The van der Waals surface area contributed by atoms with Crippen LogP contribution in [0.2, 0.25) is 0 Å². The van der Waals surface area contributed by atoms with Crippen LogP contribution in [0.25, 0.3) is 0 Å². The molecule has 3 heterocycles. The van der Waals surface area contributed by atoms with Crippen LogP contribution < -0.4 is 11.1 Å². The molecule has 1 aromatic carbocycles. The summed E-state index contributed by atoms with van der Waals surface area (Å²) in [5.41, 5.74) is 5.98. The summed E-state index contributed by atoms with van der Waals surface area (Å²) in [7, 11) is 1.53. The van der Waals surface area contributed by atoms with Crippen LogP contribution in [0.5, 0.6) is 0 Å². The molecule has 11 heteroatoms. The maximum absolute atomic E-state index is 13.4. The smallest absolute Gasteiger partial charge is 0.381 e. The third-order valence-electron chi connectivity index (χ3n) is 6.45. The number of benzene rings is 1. The van der Waals surface area contributed by atoms with Gasteiger partial charge in [0.25, 0.3) is 5.91 Å². The van der Waals surface area contributed by atoms with Crippen molar-refractivity contribution >= 4 is 11.7 Å². The van der Waals surface area contributed by atoms with E-state index in [0.717, 1.165) is 17.7 Å². The summed E-state index contributed by atoms with van der Waals surface area (Å²) in [5.74, 6) is 0.714. The number of alkyl halides is 3. The minimum Gasteiger partial charge on any atom is -0.381 e. The fourth-order valence-corrected chi connectivity index (χ4v) is 4.43. The number of halogens is 3. The number of nitrogens with two attached hydrogens (primary N) is 1. The highest BCUT2D eigenvalue weighted by Gasteiger charge is 2.45. The van der Waals surface area contributed by atoms with Crippen molar-refractivity contribution in [3.63, 3.8) is 0 Å². The van der Waals surface area contributed by atoms with E-state index in [9.17, 15) is 18.0 Å². The molecule has 0 unspecified atom stereocenters. The normalized spacial score (nSPS) is 18.5. The molecule has 1 atom stereocenters. The fourth-order valence-electron chi connectivity index (χ4n) is 4.43. The minimum atomic E-state index is -4.43. The average Bonchev–Trinajstić information content (AvgIpc) is 3.28. The zero-order valence-electron chi connectivity index (χ0n) is 19.1. The Morgan fingerprint density at radius 2 is 2.03 bits per heavy atom. The molecule has 2 aliphatic rings. The van der Waals surface area contributed by atoms with E-state index in [1.807, 2.05) is 0 Å². The molecule has 0 spiro atoms. The van der Waals surface area contributed by atoms with Crippen LogP contribution in [-0.4, -0.2) is 46.7 Å². The Morgan fingerprint density at radius 3 is 2.68 bits per heavy atom. The average molecular weight is 480 g/mol. The number of carbonyl (C=O) groups excluding carboxylic acids is 1. The Kier molecular flexibility index (Phi) is 6.79. The molecule has 1 fully saturated rings. The van der Waals surface area contributed by atoms with Crippen molar-refractivity contribution in [1.82, 2.24) is 14.9 Å². The van der Waals surface area contributed by atoms with Crippen LogP contribution in [0.3, 0.4) is 0 Å². The van der Waals surface area contributed by atoms with Crippen LogP contribution in [0.15, 0.2) is 24.3 Å². The van der Waals surface area contributed by atoms with Gasteiger partial charge in [-0.05, 0) is 24.6 Å². The predicted molar refractivity (Wildman–Crippen MR) is 117 cm³/mol. The van der Waals surface area contributed by atoms with Gasteiger partial charge in [0.1, 0.15) is 11.6 Å². The number of rotatable bonds is 6. The number of methoxy groups -OCH3 is 1. The summed E-state index contributed by atoms with van der Waals surface area (Å²) in [6.07, 6.45) is -3.50. The van der Waals surface area contributed by atoms with Gasteiger partial charge in [-0.2, -0.15) is 13.2 Å². The van der Waals surface area contributed by atoms with Gasteiger partial charge in [-0.3, -0.25) is 4.79 Å². The van der Waals surface area contributed by atoms with Crippen LogP contribution >= 0.6 is 0 Å². The molecule has 1 amide bonds. The summed E-state index contributed by atoms with van der Waals surface area (Å²) >= 11 is 0. The second kappa shape index (κ2) is 9.47. The molecule has 4 rings (SSSR count). The number of nitrogens with one attached hydrogen (secondary N) is 1. The highest BCUT2D eigenvalue weighted by atomic mass is 19.4. The SMILES string of the molecule is COC1(C(=O)N2Cc3nc(CN)nc(N[C@H](C)c4cccc(C(F)(F)F)c4)c3C2)CCOCC1. The summed E-state index contributed by atoms with van der Waals surface area (Å²) in [6.45, 7) is 3.28. The molecule has 0 aliphatic carbocycles. The summed E-state index contributed by atoms with van der Waals surface area (Å²) in [6, 6.07) is 4.69. The molecule has 8 nitrogen and oxygen atoms in total. The first kappa shape index (κ1) is 24.4. The monoisotopic (exact) mass is 479 g/mol. The first-order valence-corrected chi connectivity index (χ1v) is 11.1. The van der Waals surface area contributed by atoms with E-state index in [0.29, 0.717) is 49.0 Å². The molecule has 2 aliphatic heterocycles. The van der Waals surface area contributed by atoms with Gasteiger partial charge in [-0.1, -0.05) is 12.1 Å². The van der Waals surface area contributed by atoms with Crippen molar-refractivity contribution in [2.24, 2.45) is 5.73 Å². The lowest BCUT2D eigenvalue weighted by atomic mass is 9.92. The van der Waals surface area contributed by atoms with Crippen LogP contribution in [0.1, 0.15) is 54.0 Å². The van der Waals surface area contributed by atoms with Crippen molar-refractivity contribution in [2.45, 2.75) is 57.2 Å². The van der Waals surface area contributed by atoms with Crippen molar-refractivity contribution in [1.29, 1.82) is 0 Å². The number of carbonyl (C=O) groups is 1. The van der Waals surface area contributed by atoms with Crippen LogP contribution in [0, 0.1) is 0 Å². The molecule has 184 valence electrons. The second-order valence-corrected chi connectivity index (χ2v) is 8.58.